The van der Waals surface area contributed by atoms with Crippen molar-refractivity contribution in [2.24, 2.45) is 19.8 Å². The van der Waals surface area contributed by atoms with Crippen molar-refractivity contribution in [1.29, 1.82) is 0 Å². The standard InChI is InChI=1S/C22H20N6O2/c1-27-18-8-7-14(19-25-22(24)26-30-19)9-16(18)17-10-15(21(29)28(2)20(17)27)13-5-3-12(11-23)4-6-13/h3-10H,11,23H2,1-2H3,(H2,24,26). The lowest BCUT2D eigenvalue weighted by atomic mass is 10.0. The van der Waals surface area contributed by atoms with Crippen molar-refractivity contribution < 1.29 is 4.52 Å². The Morgan fingerprint density at radius 2 is 1.70 bits per heavy atom. The molecule has 8 nitrogen and oxygen atoms in total. The number of pyridine rings is 1. The minimum Gasteiger partial charge on any atom is -0.365 e. The molecule has 0 aliphatic carbocycles. The monoisotopic (exact) mass is 400 g/mol. The summed E-state index contributed by atoms with van der Waals surface area (Å²) in [6.45, 7) is 0.462. The maximum Gasteiger partial charge on any atom is 0.261 e. The van der Waals surface area contributed by atoms with E-state index in [9.17, 15) is 4.79 Å². The number of nitrogens with zero attached hydrogens (tertiary/aromatic N) is 4. The van der Waals surface area contributed by atoms with Gasteiger partial charge in [0, 0.05) is 42.5 Å². The summed E-state index contributed by atoms with van der Waals surface area (Å²) in [6.07, 6.45) is 0. The summed E-state index contributed by atoms with van der Waals surface area (Å²) in [5, 5.41) is 5.61. The Morgan fingerprint density at radius 3 is 2.37 bits per heavy atom. The molecule has 0 saturated heterocycles. The highest BCUT2D eigenvalue weighted by molar-refractivity contribution is 6.09. The van der Waals surface area contributed by atoms with Gasteiger partial charge < -0.3 is 20.6 Å². The van der Waals surface area contributed by atoms with Gasteiger partial charge in [-0.3, -0.25) is 9.36 Å². The summed E-state index contributed by atoms with van der Waals surface area (Å²) in [7, 11) is 3.74. The van der Waals surface area contributed by atoms with E-state index in [4.69, 9.17) is 16.0 Å². The van der Waals surface area contributed by atoms with Crippen LogP contribution in [0, 0.1) is 0 Å². The molecule has 3 heterocycles. The number of hydrogen-bond donors (Lipinski definition) is 2. The van der Waals surface area contributed by atoms with Gasteiger partial charge in [-0.1, -0.05) is 24.3 Å². The smallest absolute Gasteiger partial charge is 0.261 e. The third-order valence-electron chi connectivity index (χ3n) is 5.54. The minimum atomic E-state index is -0.0567. The van der Waals surface area contributed by atoms with Gasteiger partial charge in [-0.25, -0.2) is 0 Å². The van der Waals surface area contributed by atoms with E-state index in [0.717, 1.165) is 38.6 Å². The highest BCUT2D eigenvalue weighted by atomic mass is 16.5. The normalized spacial score (nSPS) is 11.6. The molecule has 0 spiro atoms. The number of nitrogens with two attached hydrogens (primary N) is 2. The quantitative estimate of drug-likeness (QED) is 0.481. The lowest BCUT2D eigenvalue weighted by molar-refractivity contribution is 0.433. The van der Waals surface area contributed by atoms with Crippen LogP contribution in [-0.2, 0) is 20.6 Å². The number of anilines is 1. The van der Waals surface area contributed by atoms with Crippen molar-refractivity contribution in [2.75, 3.05) is 5.73 Å². The Balaban J connectivity index is 1.80. The molecule has 3 aromatic heterocycles. The second-order valence-corrected chi connectivity index (χ2v) is 7.31. The maximum absolute atomic E-state index is 13.1. The number of hydrogen-bond acceptors (Lipinski definition) is 6. The predicted molar refractivity (Wildman–Crippen MR) is 117 cm³/mol. The van der Waals surface area contributed by atoms with Gasteiger partial charge in [0.2, 0.25) is 0 Å². The summed E-state index contributed by atoms with van der Waals surface area (Å²) in [5.74, 6) is 0.447. The van der Waals surface area contributed by atoms with E-state index in [0.29, 0.717) is 18.0 Å². The fraction of sp³-hybridized carbons (Fsp3) is 0.136. The molecule has 0 radical (unpaired) electrons. The first-order valence-corrected chi connectivity index (χ1v) is 9.49. The molecule has 0 saturated carbocycles. The molecule has 8 heteroatoms. The van der Waals surface area contributed by atoms with Crippen LogP contribution in [0.3, 0.4) is 0 Å². The fourth-order valence-electron chi connectivity index (χ4n) is 4.00. The first-order chi connectivity index (χ1) is 14.5. The second kappa shape index (κ2) is 6.57. The molecule has 4 N–H and O–H groups in total. The van der Waals surface area contributed by atoms with Gasteiger partial charge in [0.1, 0.15) is 5.65 Å². The number of nitrogen functional groups attached to an aromatic ring is 1. The molecule has 5 rings (SSSR count). The van der Waals surface area contributed by atoms with Crippen molar-refractivity contribution in [3.05, 3.63) is 64.4 Å². The highest BCUT2D eigenvalue weighted by Crippen LogP contribution is 2.33. The molecular formula is C22H20N6O2. The van der Waals surface area contributed by atoms with Gasteiger partial charge in [0.15, 0.2) is 0 Å². The zero-order valence-electron chi connectivity index (χ0n) is 16.6. The predicted octanol–water partition coefficient (Wildman–Crippen LogP) is 2.79. The third-order valence-corrected chi connectivity index (χ3v) is 5.54. The van der Waals surface area contributed by atoms with E-state index >= 15 is 0 Å². The Morgan fingerprint density at radius 1 is 0.967 bits per heavy atom. The molecule has 0 amide bonds. The van der Waals surface area contributed by atoms with E-state index in [2.05, 4.69) is 10.1 Å². The average Bonchev–Trinajstić information content (AvgIpc) is 3.32. The summed E-state index contributed by atoms with van der Waals surface area (Å²) < 4.78 is 8.92. The Labute approximate surface area is 171 Å². The number of benzene rings is 2. The van der Waals surface area contributed by atoms with Gasteiger partial charge in [0.25, 0.3) is 17.4 Å². The van der Waals surface area contributed by atoms with Crippen LogP contribution in [-0.4, -0.2) is 19.3 Å². The van der Waals surface area contributed by atoms with E-state index in [1.54, 1.807) is 11.6 Å². The van der Waals surface area contributed by atoms with Crippen LogP contribution in [0.25, 0.3) is 44.5 Å². The average molecular weight is 400 g/mol. The van der Waals surface area contributed by atoms with Gasteiger partial charge >= 0.3 is 0 Å². The van der Waals surface area contributed by atoms with Gasteiger partial charge in [-0.15, -0.1) is 0 Å². The summed E-state index contributed by atoms with van der Waals surface area (Å²) in [5.41, 5.74) is 16.3. The molecular weight excluding hydrogens is 380 g/mol. The molecule has 0 unspecified atom stereocenters. The van der Waals surface area contributed by atoms with Crippen molar-refractivity contribution >= 4 is 27.9 Å². The first-order valence-electron chi connectivity index (χ1n) is 9.49. The van der Waals surface area contributed by atoms with Crippen LogP contribution in [0.15, 0.2) is 57.8 Å². The van der Waals surface area contributed by atoms with Crippen molar-refractivity contribution in [3.63, 3.8) is 0 Å². The van der Waals surface area contributed by atoms with Crippen LogP contribution in [0.4, 0.5) is 5.95 Å². The zero-order valence-corrected chi connectivity index (χ0v) is 16.6. The fourth-order valence-corrected chi connectivity index (χ4v) is 4.00. The van der Waals surface area contributed by atoms with Crippen molar-refractivity contribution in [1.82, 2.24) is 19.3 Å². The Hall–Kier alpha value is -3.91. The molecule has 0 aliphatic heterocycles. The van der Waals surface area contributed by atoms with Crippen LogP contribution in [0.1, 0.15) is 5.56 Å². The van der Waals surface area contributed by atoms with E-state index in [1.165, 1.54) is 0 Å². The molecule has 0 bridgehead atoms. The highest BCUT2D eigenvalue weighted by Gasteiger charge is 2.17. The van der Waals surface area contributed by atoms with Crippen LogP contribution in [0.2, 0.25) is 0 Å². The van der Waals surface area contributed by atoms with Gasteiger partial charge in [-0.2, -0.15) is 4.98 Å². The minimum absolute atomic E-state index is 0.0567. The Kier molecular flexibility index (Phi) is 3.97. The van der Waals surface area contributed by atoms with Gasteiger partial charge in [-0.05, 0) is 40.5 Å². The lowest BCUT2D eigenvalue weighted by Crippen LogP contribution is -2.20. The molecule has 0 atom stereocenters. The lowest BCUT2D eigenvalue weighted by Gasteiger charge is -2.09. The molecule has 0 fully saturated rings. The van der Waals surface area contributed by atoms with Crippen LogP contribution >= 0.6 is 0 Å². The summed E-state index contributed by atoms with van der Waals surface area (Å²) in [4.78, 5) is 17.3. The summed E-state index contributed by atoms with van der Waals surface area (Å²) >= 11 is 0. The third kappa shape index (κ3) is 2.61. The van der Waals surface area contributed by atoms with Crippen molar-refractivity contribution in [2.45, 2.75) is 6.54 Å². The molecule has 0 aliphatic rings. The Bertz CT molecular complexity index is 1470. The zero-order chi connectivity index (χ0) is 21.0. The molecule has 150 valence electrons. The van der Waals surface area contributed by atoms with Crippen LogP contribution in [0.5, 0.6) is 0 Å². The maximum atomic E-state index is 13.1. The number of fused-ring (bicyclic) bond motifs is 3. The van der Waals surface area contributed by atoms with Gasteiger partial charge in [0.05, 0.1) is 5.52 Å². The largest absolute Gasteiger partial charge is 0.365 e. The van der Waals surface area contributed by atoms with E-state index in [1.807, 2.05) is 60.1 Å². The molecule has 5 aromatic rings. The number of aryl methyl sites for hydroxylation is 2. The molecule has 30 heavy (non-hydrogen) atoms. The second-order valence-electron chi connectivity index (χ2n) is 7.31. The topological polar surface area (TPSA) is 118 Å². The molecule has 2 aromatic carbocycles. The first kappa shape index (κ1) is 18.1. The SMILES string of the molecule is Cn1c(=O)c(-c2ccc(CN)cc2)cc2c3cc(-c4nc(N)no4)ccc3n(C)c21. The van der Waals surface area contributed by atoms with Crippen LogP contribution < -0.4 is 17.0 Å². The van der Waals surface area contributed by atoms with E-state index in [-0.39, 0.29) is 11.5 Å². The number of rotatable bonds is 3. The summed E-state index contributed by atoms with van der Waals surface area (Å²) in [6, 6.07) is 15.6. The number of aromatic nitrogens is 4. The van der Waals surface area contributed by atoms with E-state index < -0.39 is 0 Å². The van der Waals surface area contributed by atoms with Crippen molar-refractivity contribution in [3.8, 4) is 22.6 Å².